The van der Waals surface area contributed by atoms with Gasteiger partial charge in [0.1, 0.15) is 0 Å². The third-order valence-electron chi connectivity index (χ3n) is 4.41. The second-order valence-electron chi connectivity index (χ2n) is 6.42. The molecule has 0 saturated carbocycles. The number of carbonyl (C=O) groups excluding carboxylic acids is 1. The smallest absolute Gasteiger partial charge is 0.263 e. The van der Waals surface area contributed by atoms with Gasteiger partial charge in [-0.25, -0.2) is 0 Å². The molecule has 1 amide bonds. The molecule has 4 aromatic rings. The SMILES string of the molecule is C=CCn1c(=O)c2ccccc2n2c(SCC(=O)Nc3cc(Cl)c(Cl)cc3Cl)nnc12. The van der Waals surface area contributed by atoms with Crippen LogP contribution in [0.5, 0.6) is 0 Å². The van der Waals surface area contributed by atoms with Gasteiger partial charge in [-0.05, 0) is 24.3 Å². The van der Waals surface area contributed by atoms with E-state index in [0.29, 0.717) is 32.5 Å². The van der Waals surface area contributed by atoms with E-state index in [4.69, 9.17) is 34.8 Å². The molecule has 7 nitrogen and oxygen atoms in total. The average Bonchev–Trinajstić information content (AvgIpc) is 3.17. The number of nitrogens with zero attached hydrogens (tertiary/aromatic N) is 4. The van der Waals surface area contributed by atoms with Gasteiger partial charge < -0.3 is 5.32 Å². The number of fused-ring (bicyclic) bond motifs is 3. The largest absolute Gasteiger partial charge is 0.324 e. The summed E-state index contributed by atoms with van der Waals surface area (Å²) in [5, 5.41) is 12.9. The summed E-state index contributed by atoms with van der Waals surface area (Å²) in [5.41, 5.74) is 0.834. The molecular weight excluding hydrogens is 481 g/mol. The van der Waals surface area contributed by atoms with Crippen molar-refractivity contribution in [2.45, 2.75) is 11.7 Å². The van der Waals surface area contributed by atoms with E-state index in [1.54, 1.807) is 22.6 Å². The first-order chi connectivity index (χ1) is 14.9. The first-order valence-corrected chi connectivity index (χ1v) is 11.1. The average molecular weight is 495 g/mol. The molecule has 0 unspecified atom stereocenters. The zero-order valence-electron chi connectivity index (χ0n) is 15.8. The zero-order valence-corrected chi connectivity index (χ0v) is 18.9. The van der Waals surface area contributed by atoms with Gasteiger partial charge >= 0.3 is 0 Å². The van der Waals surface area contributed by atoms with Gasteiger partial charge in [0.15, 0.2) is 5.16 Å². The van der Waals surface area contributed by atoms with Crippen LogP contribution in [0.15, 0.2) is 59.0 Å². The molecule has 0 aliphatic heterocycles. The van der Waals surface area contributed by atoms with Crippen LogP contribution in [0.3, 0.4) is 0 Å². The van der Waals surface area contributed by atoms with Crippen LogP contribution in [0.1, 0.15) is 0 Å². The van der Waals surface area contributed by atoms with Crippen LogP contribution >= 0.6 is 46.6 Å². The fourth-order valence-electron chi connectivity index (χ4n) is 3.06. The minimum Gasteiger partial charge on any atom is -0.324 e. The molecule has 158 valence electrons. The highest BCUT2D eigenvalue weighted by Gasteiger charge is 2.17. The van der Waals surface area contributed by atoms with Gasteiger partial charge in [0.25, 0.3) is 5.56 Å². The lowest BCUT2D eigenvalue weighted by atomic mass is 10.2. The minimum atomic E-state index is -0.314. The third-order valence-corrected chi connectivity index (χ3v) is 6.37. The second-order valence-corrected chi connectivity index (χ2v) is 8.59. The van der Waals surface area contributed by atoms with Gasteiger partial charge in [-0.1, -0.05) is 64.8 Å². The lowest BCUT2D eigenvalue weighted by molar-refractivity contribution is -0.113. The Balaban J connectivity index is 1.65. The van der Waals surface area contributed by atoms with E-state index >= 15 is 0 Å². The molecule has 2 heterocycles. The first-order valence-electron chi connectivity index (χ1n) is 8.95. The van der Waals surface area contributed by atoms with Crippen molar-refractivity contribution in [1.82, 2.24) is 19.2 Å². The molecule has 0 atom stereocenters. The fourth-order valence-corrected chi connectivity index (χ4v) is 4.39. The number of carbonyl (C=O) groups is 1. The Hall–Kier alpha value is -2.52. The van der Waals surface area contributed by atoms with E-state index in [-0.39, 0.29) is 33.8 Å². The Morgan fingerprint density at radius 2 is 1.87 bits per heavy atom. The molecule has 1 N–H and O–H groups in total. The van der Waals surface area contributed by atoms with Crippen LogP contribution in [0, 0.1) is 0 Å². The van der Waals surface area contributed by atoms with Crippen molar-refractivity contribution in [2.75, 3.05) is 11.1 Å². The number of benzene rings is 2. The van der Waals surface area contributed by atoms with Crippen molar-refractivity contribution >= 4 is 74.8 Å². The van der Waals surface area contributed by atoms with Gasteiger partial charge in [0.05, 0.1) is 37.4 Å². The molecule has 0 fully saturated rings. The quantitative estimate of drug-likeness (QED) is 0.234. The Labute approximate surface area is 195 Å². The van der Waals surface area contributed by atoms with Gasteiger partial charge in [0, 0.05) is 6.54 Å². The van der Waals surface area contributed by atoms with E-state index in [0.717, 1.165) is 0 Å². The number of hydrogen-bond acceptors (Lipinski definition) is 5. The molecule has 2 aromatic carbocycles. The maximum atomic E-state index is 12.8. The predicted molar refractivity (Wildman–Crippen MR) is 126 cm³/mol. The maximum Gasteiger partial charge on any atom is 0.263 e. The summed E-state index contributed by atoms with van der Waals surface area (Å²) >= 11 is 19.2. The molecule has 0 aliphatic carbocycles. The Morgan fingerprint density at radius 3 is 2.65 bits per heavy atom. The van der Waals surface area contributed by atoms with Crippen LogP contribution in [0.25, 0.3) is 16.7 Å². The second kappa shape index (κ2) is 8.92. The number of aromatic nitrogens is 4. The fraction of sp³-hybridized carbons (Fsp3) is 0.100. The molecule has 11 heteroatoms. The molecule has 0 bridgehead atoms. The molecule has 0 spiro atoms. The molecule has 0 saturated heterocycles. The summed E-state index contributed by atoms with van der Waals surface area (Å²) in [5.74, 6) is 0.0940. The van der Waals surface area contributed by atoms with Crippen molar-refractivity contribution in [3.8, 4) is 0 Å². The van der Waals surface area contributed by atoms with Crippen LogP contribution in [-0.4, -0.2) is 30.8 Å². The number of allylic oxidation sites excluding steroid dienone is 1. The monoisotopic (exact) mass is 493 g/mol. The number of rotatable bonds is 6. The van der Waals surface area contributed by atoms with E-state index in [9.17, 15) is 9.59 Å². The normalized spacial score (nSPS) is 11.2. The highest BCUT2D eigenvalue weighted by molar-refractivity contribution is 7.99. The number of amides is 1. The highest BCUT2D eigenvalue weighted by Crippen LogP contribution is 2.32. The number of nitrogens with one attached hydrogen (secondary N) is 1. The molecule has 4 rings (SSSR count). The standard InChI is InChI=1S/C20H14Cl3N5O2S/c1-2-7-27-18(30)11-5-3-4-6-16(11)28-19(27)25-26-20(28)31-10-17(29)24-15-9-13(22)12(21)8-14(15)23/h2-6,8-9H,1,7,10H2,(H,24,29). The molecule has 31 heavy (non-hydrogen) atoms. The van der Waals surface area contributed by atoms with Gasteiger partial charge in [-0.15, -0.1) is 16.8 Å². The summed E-state index contributed by atoms with van der Waals surface area (Å²) < 4.78 is 3.24. The van der Waals surface area contributed by atoms with Crippen molar-refractivity contribution in [2.24, 2.45) is 0 Å². The summed E-state index contributed by atoms with van der Waals surface area (Å²) in [6.07, 6.45) is 1.62. The summed E-state index contributed by atoms with van der Waals surface area (Å²) in [4.78, 5) is 25.3. The van der Waals surface area contributed by atoms with Crippen LogP contribution in [0.2, 0.25) is 15.1 Å². The van der Waals surface area contributed by atoms with E-state index in [1.807, 2.05) is 12.1 Å². The Bertz CT molecular complexity index is 1400. The Kier molecular flexibility index (Phi) is 6.24. The van der Waals surface area contributed by atoms with E-state index in [1.165, 1.54) is 28.5 Å². The van der Waals surface area contributed by atoms with Gasteiger partial charge in [-0.3, -0.25) is 18.6 Å². The summed E-state index contributed by atoms with van der Waals surface area (Å²) in [6, 6.07) is 10.1. The lowest BCUT2D eigenvalue weighted by Gasteiger charge is -2.10. The Morgan fingerprint density at radius 1 is 1.13 bits per heavy atom. The topological polar surface area (TPSA) is 81.3 Å². The van der Waals surface area contributed by atoms with Crippen LogP contribution < -0.4 is 10.9 Å². The highest BCUT2D eigenvalue weighted by atomic mass is 35.5. The van der Waals surface area contributed by atoms with Crippen molar-refractivity contribution in [1.29, 1.82) is 0 Å². The molecular formula is C20H14Cl3N5O2S. The number of thioether (sulfide) groups is 1. The van der Waals surface area contributed by atoms with Crippen molar-refractivity contribution < 1.29 is 4.79 Å². The van der Waals surface area contributed by atoms with E-state index < -0.39 is 0 Å². The minimum absolute atomic E-state index is 0.0340. The predicted octanol–water partition coefficient (Wildman–Crippen LogP) is 4.92. The number of hydrogen-bond donors (Lipinski definition) is 1. The van der Waals surface area contributed by atoms with Gasteiger partial charge in [-0.2, -0.15) is 0 Å². The summed E-state index contributed by atoms with van der Waals surface area (Å²) in [6.45, 7) is 3.99. The molecule has 0 radical (unpaired) electrons. The summed E-state index contributed by atoms with van der Waals surface area (Å²) in [7, 11) is 0. The number of halogens is 3. The molecule has 2 aromatic heterocycles. The number of anilines is 1. The zero-order chi connectivity index (χ0) is 22.1. The third kappa shape index (κ3) is 4.16. The van der Waals surface area contributed by atoms with Crippen molar-refractivity contribution in [3.05, 3.63) is 74.5 Å². The van der Waals surface area contributed by atoms with Crippen LogP contribution in [-0.2, 0) is 11.3 Å². The van der Waals surface area contributed by atoms with E-state index in [2.05, 4.69) is 22.1 Å². The van der Waals surface area contributed by atoms with Crippen molar-refractivity contribution in [3.63, 3.8) is 0 Å². The maximum absolute atomic E-state index is 12.8. The number of para-hydroxylation sites is 1. The first kappa shape index (κ1) is 21.7. The van der Waals surface area contributed by atoms with Gasteiger partial charge in [0.2, 0.25) is 11.7 Å². The molecule has 0 aliphatic rings. The lowest BCUT2D eigenvalue weighted by Crippen LogP contribution is -2.22. The van der Waals surface area contributed by atoms with Crippen LogP contribution in [0.4, 0.5) is 5.69 Å².